The molecule has 4 atom stereocenters. The third-order valence-electron chi connectivity index (χ3n) is 5.30. The van der Waals surface area contributed by atoms with Crippen LogP contribution in [0.15, 0.2) is 24.3 Å². The normalized spacial score (nSPS) is 29.4. The molecule has 0 saturated carbocycles. The van der Waals surface area contributed by atoms with E-state index in [9.17, 15) is 14.0 Å². The third-order valence-corrected chi connectivity index (χ3v) is 5.30. The lowest BCUT2D eigenvalue weighted by Crippen LogP contribution is -2.47. The van der Waals surface area contributed by atoms with E-state index in [4.69, 9.17) is 10.5 Å². The predicted molar refractivity (Wildman–Crippen MR) is 86.4 cm³/mol. The second-order valence-electron chi connectivity index (χ2n) is 7.09. The summed E-state index contributed by atoms with van der Waals surface area (Å²) >= 11 is 0. The average molecular weight is 334 g/mol. The van der Waals surface area contributed by atoms with Crippen molar-refractivity contribution in [1.29, 1.82) is 0 Å². The third kappa shape index (κ3) is 3.29. The van der Waals surface area contributed by atoms with Crippen LogP contribution in [0.25, 0.3) is 0 Å². The average Bonchev–Trinajstić information content (AvgIpc) is 3.13. The van der Waals surface area contributed by atoms with Gasteiger partial charge in [-0.1, -0.05) is 12.1 Å². The van der Waals surface area contributed by atoms with Crippen molar-refractivity contribution < 1.29 is 18.7 Å². The Morgan fingerprint density at radius 2 is 2.08 bits per heavy atom. The second-order valence-corrected chi connectivity index (χ2v) is 7.09. The van der Waals surface area contributed by atoms with E-state index in [1.54, 1.807) is 12.1 Å². The molecule has 2 bridgehead atoms. The van der Waals surface area contributed by atoms with E-state index in [1.807, 2.05) is 6.92 Å². The first-order chi connectivity index (χ1) is 11.4. The Labute approximate surface area is 140 Å². The summed E-state index contributed by atoms with van der Waals surface area (Å²) in [5, 5.41) is 2.87. The van der Waals surface area contributed by atoms with Crippen LogP contribution >= 0.6 is 0 Å². The lowest BCUT2D eigenvalue weighted by atomic mass is 9.75. The molecule has 2 aliphatic rings. The van der Waals surface area contributed by atoms with Gasteiger partial charge in [0.1, 0.15) is 5.82 Å². The summed E-state index contributed by atoms with van der Waals surface area (Å²) in [6.45, 7) is 2.10. The van der Waals surface area contributed by atoms with Crippen LogP contribution < -0.4 is 11.1 Å². The summed E-state index contributed by atoms with van der Waals surface area (Å²) in [5.41, 5.74) is 5.74. The maximum absolute atomic E-state index is 13.0. The first kappa shape index (κ1) is 16.9. The zero-order valence-corrected chi connectivity index (χ0v) is 13.8. The molecule has 130 valence electrons. The zero-order valence-electron chi connectivity index (χ0n) is 13.8. The van der Waals surface area contributed by atoms with Crippen molar-refractivity contribution in [2.45, 2.75) is 44.8 Å². The van der Waals surface area contributed by atoms with Crippen molar-refractivity contribution in [2.24, 2.45) is 17.1 Å². The Kier molecular flexibility index (Phi) is 4.58. The highest BCUT2D eigenvalue weighted by Crippen LogP contribution is 2.47. The molecular formula is C18H23FN2O3. The molecule has 5 nitrogen and oxygen atoms in total. The molecule has 1 aromatic carbocycles. The summed E-state index contributed by atoms with van der Waals surface area (Å²) in [7, 11) is 0. The molecule has 0 aliphatic carbocycles. The maximum Gasteiger partial charge on any atom is 0.228 e. The smallest absolute Gasteiger partial charge is 0.228 e. The van der Waals surface area contributed by atoms with Gasteiger partial charge in [0.25, 0.3) is 0 Å². The van der Waals surface area contributed by atoms with Crippen LogP contribution in [0.3, 0.4) is 0 Å². The zero-order chi connectivity index (χ0) is 17.3. The van der Waals surface area contributed by atoms with E-state index in [2.05, 4.69) is 5.32 Å². The second kappa shape index (κ2) is 6.51. The van der Waals surface area contributed by atoms with Gasteiger partial charge < -0.3 is 15.8 Å². The Morgan fingerprint density at radius 3 is 2.62 bits per heavy atom. The number of amides is 2. The molecule has 2 fully saturated rings. The molecule has 0 aromatic heterocycles. The highest BCUT2D eigenvalue weighted by Gasteiger charge is 2.53. The Hall–Kier alpha value is -1.95. The number of ether oxygens (including phenoxy) is 1. The van der Waals surface area contributed by atoms with Gasteiger partial charge in [0, 0.05) is 6.54 Å². The van der Waals surface area contributed by atoms with Crippen molar-refractivity contribution in [3.63, 3.8) is 0 Å². The predicted octanol–water partition coefficient (Wildman–Crippen LogP) is 1.54. The number of primary amides is 1. The van der Waals surface area contributed by atoms with Crippen LogP contribution in [-0.2, 0) is 20.7 Å². The lowest BCUT2D eigenvalue weighted by Gasteiger charge is -2.30. The first-order valence-electron chi connectivity index (χ1n) is 8.36. The first-order valence-corrected chi connectivity index (χ1v) is 8.36. The Morgan fingerprint density at radius 1 is 1.38 bits per heavy atom. The molecule has 2 saturated heterocycles. The molecule has 24 heavy (non-hydrogen) atoms. The fourth-order valence-electron chi connectivity index (χ4n) is 3.76. The molecule has 0 unspecified atom stereocenters. The Bertz CT molecular complexity index is 634. The Balaban J connectivity index is 1.59. The fraction of sp³-hybridized carbons (Fsp3) is 0.556. The largest absolute Gasteiger partial charge is 0.374 e. The number of nitrogens with two attached hydrogens (primary N) is 1. The summed E-state index contributed by atoms with van der Waals surface area (Å²) in [4.78, 5) is 24.3. The number of rotatable bonds is 6. The molecule has 2 aliphatic heterocycles. The van der Waals surface area contributed by atoms with Gasteiger partial charge >= 0.3 is 0 Å². The number of benzene rings is 1. The van der Waals surface area contributed by atoms with Crippen LogP contribution in [0, 0.1) is 17.2 Å². The lowest BCUT2D eigenvalue weighted by molar-refractivity contribution is -0.133. The summed E-state index contributed by atoms with van der Waals surface area (Å²) in [5.74, 6) is -1.41. The van der Waals surface area contributed by atoms with Crippen LogP contribution in [0.5, 0.6) is 0 Å². The standard InChI is InChI=1S/C18H23FN2O3/c1-18(9-14-6-7-15(18)24-14)17(23)21-10-12(16(20)22)8-11-2-4-13(19)5-3-11/h2-5,12,14-15H,6-10H2,1H3,(H2,20,22)(H,21,23)/t12-,14+,15+,18+/m0/s1. The van der Waals surface area contributed by atoms with E-state index in [1.165, 1.54) is 12.1 Å². The highest BCUT2D eigenvalue weighted by molar-refractivity contribution is 5.84. The number of nitrogens with one attached hydrogen (secondary N) is 1. The van der Waals surface area contributed by atoms with Crippen LogP contribution in [0.2, 0.25) is 0 Å². The van der Waals surface area contributed by atoms with E-state index >= 15 is 0 Å². The number of hydrogen-bond acceptors (Lipinski definition) is 3. The molecule has 1 aromatic rings. The quantitative estimate of drug-likeness (QED) is 0.828. The number of carbonyl (C=O) groups excluding carboxylic acids is 2. The number of carbonyl (C=O) groups is 2. The van der Waals surface area contributed by atoms with E-state index < -0.39 is 17.2 Å². The van der Waals surface area contributed by atoms with Gasteiger partial charge in [-0.05, 0) is 50.3 Å². The molecule has 6 heteroatoms. The minimum absolute atomic E-state index is 0.0355. The summed E-state index contributed by atoms with van der Waals surface area (Å²) < 4.78 is 18.7. The monoisotopic (exact) mass is 334 g/mol. The van der Waals surface area contributed by atoms with Crippen LogP contribution in [-0.4, -0.2) is 30.6 Å². The van der Waals surface area contributed by atoms with Gasteiger partial charge in [-0.25, -0.2) is 4.39 Å². The number of fused-ring (bicyclic) bond motifs is 2. The maximum atomic E-state index is 13.0. The van der Waals surface area contributed by atoms with Gasteiger partial charge in [0.15, 0.2) is 0 Å². The number of hydrogen-bond donors (Lipinski definition) is 2. The fourth-order valence-corrected chi connectivity index (χ4v) is 3.76. The van der Waals surface area contributed by atoms with Crippen molar-refractivity contribution in [2.75, 3.05) is 6.54 Å². The van der Waals surface area contributed by atoms with Gasteiger partial charge in [0.2, 0.25) is 11.8 Å². The van der Waals surface area contributed by atoms with Gasteiger partial charge in [-0.3, -0.25) is 9.59 Å². The molecular weight excluding hydrogens is 311 g/mol. The van der Waals surface area contributed by atoms with E-state index in [0.717, 1.165) is 24.8 Å². The van der Waals surface area contributed by atoms with Crippen LogP contribution in [0.1, 0.15) is 31.7 Å². The molecule has 3 rings (SSSR count). The molecule has 3 N–H and O–H groups in total. The van der Waals surface area contributed by atoms with Crippen molar-refractivity contribution in [3.8, 4) is 0 Å². The molecule has 2 heterocycles. The highest BCUT2D eigenvalue weighted by atomic mass is 19.1. The van der Waals surface area contributed by atoms with E-state index in [0.29, 0.717) is 6.42 Å². The molecule has 0 radical (unpaired) electrons. The minimum atomic E-state index is -0.527. The minimum Gasteiger partial charge on any atom is -0.374 e. The van der Waals surface area contributed by atoms with Crippen molar-refractivity contribution in [1.82, 2.24) is 5.32 Å². The van der Waals surface area contributed by atoms with Gasteiger partial charge in [-0.2, -0.15) is 0 Å². The van der Waals surface area contributed by atoms with E-state index in [-0.39, 0.29) is 30.5 Å². The van der Waals surface area contributed by atoms with Gasteiger partial charge in [-0.15, -0.1) is 0 Å². The SMILES string of the molecule is C[C@@]1(C(=O)NC[C@H](Cc2ccc(F)cc2)C(N)=O)C[C@H]2CC[C@H]1O2. The van der Waals surface area contributed by atoms with Crippen LogP contribution in [0.4, 0.5) is 4.39 Å². The van der Waals surface area contributed by atoms with Gasteiger partial charge in [0.05, 0.1) is 23.5 Å². The number of halogens is 1. The summed E-state index contributed by atoms with van der Waals surface area (Å²) in [6, 6.07) is 5.94. The molecule has 2 amide bonds. The topological polar surface area (TPSA) is 81.4 Å². The summed E-state index contributed by atoms with van der Waals surface area (Å²) in [6.07, 6.45) is 3.16. The van der Waals surface area contributed by atoms with Crippen molar-refractivity contribution >= 4 is 11.8 Å². The molecule has 0 spiro atoms. The van der Waals surface area contributed by atoms with Crippen molar-refractivity contribution in [3.05, 3.63) is 35.6 Å².